The average Bonchev–Trinajstić information content (AvgIpc) is 2.35. The predicted molar refractivity (Wildman–Crippen MR) is 60.7 cm³/mol. The van der Waals surface area contributed by atoms with Crippen LogP contribution in [0.15, 0.2) is 30.3 Å². The minimum atomic E-state index is -0.659. The number of Topliss-reactive ketones (excluding diaryl/α,β-unsaturated/α-hetero) is 1. The molecule has 3 nitrogen and oxygen atoms in total. The molecule has 0 saturated carbocycles. The lowest BCUT2D eigenvalue weighted by Gasteiger charge is -2.09. The number of carbonyl (C=O) groups excluding carboxylic acids is 2. The van der Waals surface area contributed by atoms with Crippen LogP contribution in [-0.2, 0) is 20.9 Å². The third kappa shape index (κ3) is 3.50. The number of carbonyl (C=O) groups is 2. The van der Waals surface area contributed by atoms with Gasteiger partial charge in [-0.05, 0) is 12.5 Å². The average molecular weight is 220 g/mol. The number of ketones is 1. The van der Waals surface area contributed by atoms with Gasteiger partial charge in [-0.2, -0.15) is 0 Å². The molecule has 1 unspecified atom stereocenters. The van der Waals surface area contributed by atoms with Crippen molar-refractivity contribution in [2.75, 3.05) is 0 Å². The summed E-state index contributed by atoms with van der Waals surface area (Å²) in [6.07, 6.45) is 0.363. The number of hydrogen-bond acceptors (Lipinski definition) is 3. The van der Waals surface area contributed by atoms with Crippen molar-refractivity contribution in [2.24, 2.45) is 5.92 Å². The summed E-state index contributed by atoms with van der Waals surface area (Å²) in [5, 5.41) is 0. The highest BCUT2D eigenvalue weighted by Gasteiger charge is 2.20. The summed E-state index contributed by atoms with van der Waals surface area (Å²) in [6, 6.07) is 9.40. The van der Waals surface area contributed by atoms with E-state index in [1.807, 2.05) is 30.3 Å². The number of hydrogen-bond donors (Lipinski definition) is 0. The van der Waals surface area contributed by atoms with Gasteiger partial charge in [0, 0.05) is 6.42 Å². The Kier molecular flexibility index (Phi) is 4.70. The van der Waals surface area contributed by atoms with E-state index in [-0.39, 0.29) is 12.4 Å². The van der Waals surface area contributed by atoms with E-state index in [4.69, 9.17) is 4.74 Å². The molecule has 16 heavy (non-hydrogen) atoms. The topological polar surface area (TPSA) is 43.4 Å². The Morgan fingerprint density at radius 2 is 1.88 bits per heavy atom. The van der Waals surface area contributed by atoms with Crippen molar-refractivity contribution in [2.45, 2.75) is 26.9 Å². The van der Waals surface area contributed by atoms with Gasteiger partial charge < -0.3 is 4.74 Å². The van der Waals surface area contributed by atoms with E-state index in [9.17, 15) is 9.59 Å². The molecule has 1 aromatic carbocycles. The van der Waals surface area contributed by atoms with Crippen LogP contribution in [-0.4, -0.2) is 11.8 Å². The van der Waals surface area contributed by atoms with Crippen molar-refractivity contribution in [3.63, 3.8) is 0 Å². The number of rotatable bonds is 5. The standard InChI is InChI=1S/C13H16O3/c1-3-12(14)10(2)13(15)16-9-11-7-5-4-6-8-11/h4-8,10H,3,9H2,1-2H3. The van der Waals surface area contributed by atoms with Crippen LogP contribution in [0.4, 0.5) is 0 Å². The summed E-state index contributed by atoms with van der Waals surface area (Å²) >= 11 is 0. The largest absolute Gasteiger partial charge is 0.460 e. The molecule has 1 rings (SSSR count). The summed E-state index contributed by atoms with van der Waals surface area (Å²) in [4.78, 5) is 22.7. The van der Waals surface area contributed by atoms with Crippen LogP contribution in [0.2, 0.25) is 0 Å². The van der Waals surface area contributed by atoms with Crippen molar-refractivity contribution in [3.8, 4) is 0 Å². The van der Waals surface area contributed by atoms with Gasteiger partial charge in [0.05, 0.1) is 0 Å². The summed E-state index contributed by atoms with van der Waals surface area (Å²) in [6.45, 7) is 3.55. The first-order valence-corrected chi connectivity index (χ1v) is 5.38. The third-order valence-electron chi connectivity index (χ3n) is 2.41. The van der Waals surface area contributed by atoms with Crippen molar-refractivity contribution >= 4 is 11.8 Å². The Balaban J connectivity index is 2.44. The molecule has 0 N–H and O–H groups in total. The van der Waals surface area contributed by atoms with Gasteiger partial charge in [0.15, 0.2) is 0 Å². The van der Waals surface area contributed by atoms with Gasteiger partial charge in [0.2, 0.25) is 0 Å². The molecule has 3 heteroatoms. The second-order valence-electron chi connectivity index (χ2n) is 3.63. The molecule has 0 heterocycles. The van der Waals surface area contributed by atoms with Gasteiger partial charge >= 0.3 is 5.97 Å². The second-order valence-corrected chi connectivity index (χ2v) is 3.63. The Morgan fingerprint density at radius 1 is 1.25 bits per heavy atom. The highest BCUT2D eigenvalue weighted by molar-refractivity contribution is 5.98. The molecule has 0 aliphatic carbocycles. The number of ether oxygens (including phenoxy) is 1. The lowest BCUT2D eigenvalue weighted by Crippen LogP contribution is -2.22. The van der Waals surface area contributed by atoms with Gasteiger partial charge in [-0.25, -0.2) is 0 Å². The number of benzene rings is 1. The number of esters is 1. The van der Waals surface area contributed by atoms with Crippen LogP contribution < -0.4 is 0 Å². The Labute approximate surface area is 95.4 Å². The quantitative estimate of drug-likeness (QED) is 0.565. The van der Waals surface area contributed by atoms with Gasteiger partial charge in [-0.15, -0.1) is 0 Å². The van der Waals surface area contributed by atoms with Crippen molar-refractivity contribution in [3.05, 3.63) is 35.9 Å². The molecule has 0 radical (unpaired) electrons. The van der Waals surface area contributed by atoms with Crippen molar-refractivity contribution in [1.82, 2.24) is 0 Å². The lowest BCUT2D eigenvalue weighted by molar-refractivity contribution is -0.152. The zero-order valence-electron chi connectivity index (χ0n) is 9.60. The van der Waals surface area contributed by atoms with Crippen molar-refractivity contribution < 1.29 is 14.3 Å². The van der Waals surface area contributed by atoms with Gasteiger partial charge in [0.25, 0.3) is 0 Å². The fourth-order valence-electron chi connectivity index (χ4n) is 1.29. The Hall–Kier alpha value is -1.64. The van der Waals surface area contributed by atoms with E-state index in [2.05, 4.69) is 0 Å². The molecule has 0 spiro atoms. The maximum Gasteiger partial charge on any atom is 0.316 e. The van der Waals surface area contributed by atoms with E-state index >= 15 is 0 Å². The molecule has 0 saturated heterocycles. The summed E-state index contributed by atoms with van der Waals surface area (Å²) in [5.41, 5.74) is 0.923. The van der Waals surface area contributed by atoms with Gasteiger partial charge in [-0.3, -0.25) is 9.59 Å². The van der Waals surface area contributed by atoms with Crippen LogP contribution in [0.25, 0.3) is 0 Å². The smallest absolute Gasteiger partial charge is 0.316 e. The van der Waals surface area contributed by atoms with Crippen LogP contribution in [0, 0.1) is 5.92 Å². The second kappa shape index (κ2) is 6.05. The predicted octanol–water partition coefficient (Wildman–Crippen LogP) is 2.35. The molecular weight excluding hydrogens is 204 g/mol. The SMILES string of the molecule is CCC(=O)C(C)C(=O)OCc1ccccc1. The van der Waals surface area contributed by atoms with Gasteiger partial charge in [-0.1, -0.05) is 37.3 Å². The fraction of sp³-hybridized carbons (Fsp3) is 0.385. The van der Waals surface area contributed by atoms with Crippen LogP contribution in [0.1, 0.15) is 25.8 Å². The van der Waals surface area contributed by atoms with Gasteiger partial charge in [0.1, 0.15) is 18.3 Å². The molecule has 0 aromatic heterocycles. The molecule has 1 atom stereocenters. The summed E-state index contributed by atoms with van der Waals surface area (Å²) < 4.78 is 5.05. The van der Waals surface area contributed by atoms with E-state index in [0.29, 0.717) is 6.42 Å². The first kappa shape index (κ1) is 12.4. The van der Waals surface area contributed by atoms with E-state index in [0.717, 1.165) is 5.56 Å². The first-order chi connectivity index (χ1) is 7.65. The van der Waals surface area contributed by atoms with Crippen LogP contribution >= 0.6 is 0 Å². The molecule has 86 valence electrons. The molecule has 1 aromatic rings. The maximum atomic E-state index is 11.5. The Morgan fingerprint density at radius 3 is 2.44 bits per heavy atom. The third-order valence-corrected chi connectivity index (χ3v) is 2.41. The van der Waals surface area contributed by atoms with E-state index in [1.54, 1.807) is 13.8 Å². The molecule has 0 aliphatic heterocycles. The zero-order chi connectivity index (χ0) is 12.0. The minimum Gasteiger partial charge on any atom is -0.460 e. The molecule has 0 bridgehead atoms. The maximum absolute atomic E-state index is 11.5. The molecule has 0 aliphatic rings. The first-order valence-electron chi connectivity index (χ1n) is 5.38. The summed E-state index contributed by atoms with van der Waals surface area (Å²) in [7, 11) is 0. The fourth-order valence-corrected chi connectivity index (χ4v) is 1.29. The van der Waals surface area contributed by atoms with E-state index in [1.165, 1.54) is 0 Å². The van der Waals surface area contributed by atoms with Crippen molar-refractivity contribution in [1.29, 1.82) is 0 Å². The normalized spacial score (nSPS) is 11.9. The van der Waals surface area contributed by atoms with E-state index < -0.39 is 11.9 Å². The van der Waals surface area contributed by atoms with Crippen LogP contribution in [0.3, 0.4) is 0 Å². The Bertz CT molecular complexity index is 357. The highest BCUT2D eigenvalue weighted by atomic mass is 16.5. The molecular formula is C13H16O3. The highest BCUT2D eigenvalue weighted by Crippen LogP contribution is 2.07. The minimum absolute atomic E-state index is 0.0851. The zero-order valence-corrected chi connectivity index (χ0v) is 9.60. The molecule has 0 fully saturated rings. The monoisotopic (exact) mass is 220 g/mol. The van der Waals surface area contributed by atoms with Crippen LogP contribution in [0.5, 0.6) is 0 Å². The summed E-state index contributed by atoms with van der Waals surface area (Å²) in [5.74, 6) is -1.19. The lowest BCUT2D eigenvalue weighted by atomic mass is 10.1. The molecule has 0 amide bonds.